The van der Waals surface area contributed by atoms with Crippen LogP contribution in [0.2, 0.25) is 0 Å². The number of alkyl carbamates (subject to hydrolysis) is 1. The van der Waals surface area contributed by atoms with Gasteiger partial charge in [-0.2, -0.15) is 12.7 Å². The molecule has 0 aromatic heterocycles. The topological polar surface area (TPSA) is 190 Å². The molecule has 1 fully saturated rings. The van der Waals surface area contributed by atoms with Gasteiger partial charge in [0.15, 0.2) is 11.6 Å². The molecule has 1 amide bonds. The van der Waals surface area contributed by atoms with Crippen LogP contribution in [-0.4, -0.2) is 69.4 Å². The Balaban J connectivity index is 1.38. The molecular weight excluding hydrogens is 647 g/mol. The second-order valence-corrected chi connectivity index (χ2v) is 17.1. The van der Waals surface area contributed by atoms with Crippen LogP contribution in [0, 0.1) is 5.92 Å². The third-order valence-corrected chi connectivity index (χ3v) is 11.3. The minimum atomic E-state index is -4.08. The molecular formula is C32H43N5O8S2. The van der Waals surface area contributed by atoms with Gasteiger partial charge in [0.05, 0.1) is 16.8 Å². The summed E-state index contributed by atoms with van der Waals surface area (Å²) in [7, 11) is -8.02. The molecule has 15 heteroatoms. The SMILES string of the molecule is CC(C)CCC1(C)C(=O)C(C2=NS(O)(O)c3cc(NS(=O)(=O)N4CCC(NC(=O)OC(C)(C)C)C4)ccc3N2)=C(O)c2ccccc21. The Bertz CT molecular complexity index is 1770. The first-order chi connectivity index (χ1) is 21.8. The van der Waals surface area contributed by atoms with Gasteiger partial charge in [-0.05, 0) is 76.6 Å². The summed E-state index contributed by atoms with van der Waals surface area (Å²) in [5.74, 6) is -0.564. The number of hydrogen-bond acceptors (Lipinski definition) is 10. The molecule has 2 heterocycles. The van der Waals surface area contributed by atoms with Crippen LogP contribution < -0.4 is 15.4 Å². The van der Waals surface area contributed by atoms with Gasteiger partial charge in [0, 0.05) is 24.7 Å². The third kappa shape index (κ3) is 7.14. The maximum absolute atomic E-state index is 14.1. The van der Waals surface area contributed by atoms with Gasteiger partial charge in [-0.25, -0.2) is 4.79 Å². The normalized spacial score (nSPS) is 23.4. The fourth-order valence-corrected chi connectivity index (χ4v) is 8.42. The van der Waals surface area contributed by atoms with E-state index in [1.165, 1.54) is 22.5 Å². The Labute approximate surface area is 277 Å². The average Bonchev–Trinajstić information content (AvgIpc) is 3.43. The molecule has 0 saturated carbocycles. The Morgan fingerprint density at radius 3 is 2.60 bits per heavy atom. The van der Waals surface area contributed by atoms with Crippen molar-refractivity contribution in [2.75, 3.05) is 23.1 Å². The fraction of sp³-hybridized carbons (Fsp3) is 0.469. The number of nitrogens with one attached hydrogen (secondary N) is 3. The van der Waals surface area contributed by atoms with E-state index in [0.29, 0.717) is 29.9 Å². The molecule has 0 spiro atoms. The lowest BCUT2D eigenvalue weighted by molar-refractivity contribution is -0.120. The summed E-state index contributed by atoms with van der Waals surface area (Å²) in [5, 5.41) is 17.0. The molecule has 2 unspecified atom stereocenters. The van der Waals surface area contributed by atoms with Crippen LogP contribution in [0.4, 0.5) is 16.2 Å². The van der Waals surface area contributed by atoms with Crippen molar-refractivity contribution in [2.45, 2.75) is 82.8 Å². The monoisotopic (exact) mass is 689 g/mol. The molecule has 256 valence electrons. The molecule has 0 radical (unpaired) electrons. The third-order valence-electron chi connectivity index (χ3n) is 8.41. The number of carbonyl (C=O) groups excluding carboxylic acids is 2. The predicted octanol–water partition coefficient (Wildman–Crippen LogP) is 6.04. The summed E-state index contributed by atoms with van der Waals surface area (Å²) in [6.07, 6.45) is 1.01. The Morgan fingerprint density at radius 1 is 1.21 bits per heavy atom. The van der Waals surface area contributed by atoms with E-state index in [9.17, 15) is 32.2 Å². The van der Waals surface area contributed by atoms with Crippen LogP contribution in [0.15, 0.2) is 57.3 Å². The van der Waals surface area contributed by atoms with E-state index in [-0.39, 0.29) is 46.5 Å². The van der Waals surface area contributed by atoms with Crippen LogP contribution in [0.5, 0.6) is 0 Å². The first-order valence-corrected chi connectivity index (χ1v) is 18.4. The number of amidine groups is 1. The summed E-state index contributed by atoms with van der Waals surface area (Å²) >= 11 is 0. The van der Waals surface area contributed by atoms with Gasteiger partial charge in [-0.3, -0.25) is 18.6 Å². The molecule has 13 nitrogen and oxygen atoms in total. The Hall–Kier alpha value is -3.63. The lowest BCUT2D eigenvalue weighted by Crippen LogP contribution is -2.42. The van der Waals surface area contributed by atoms with Gasteiger partial charge in [-0.15, -0.1) is 4.40 Å². The van der Waals surface area contributed by atoms with E-state index in [0.717, 1.165) is 6.42 Å². The number of anilines is 2. The quantitative estimate of drug-likeness (QED) is 0.192. The molecule has 2 aliphatic heterocycles. The first kappa shape index (κ1) is 34.7. The number of benzene rings is 2. The van der Waals surface area contributed by atoms with E-state index >= 15 is 0 Å². The summed E-state index contributed by atoms with van der Waals surface area (Å²) < 4.78 is 61.8. The highest BCUT2D eigenvalue weighted by molar-refractivity contribution is 8.23. The Kier molecular flexibility index (Phi) is 9.18. The van der Waals surface area contributed by atoms with Crippen LogP contribution in [0.3, 0.4) is 0 Å². The van der Waals surface area contributed by atoms with E-state index < -0.39 is 49.9 Å². The lowest BCUT2D eigenvalue weighted by atomic mass is 9.66. The van der Waals surface area contributed by atoms with E-state index in [2.05, 4.69) is 33.6 Å². The van der Waals surface area contributed by atoms with Crippen molar-refractivity contribution in [2.24, 2.45) is 10.3 Å². The van der Waals surface area contributed by atoms with Gasteiger partial charge in [0.2, 0.25) is 0 Å². The first-order valence-electron chi connectivity index (χ1n) is 15.5. The van der Waals surface area contributed by atoms with Crippen LogP contribution in [0.1, 0.15) is 71.9 Å². The summed E-state index contributed by atoms with van der Waals surface area (Å²) in [6.45, 7) is 11.3. The average molecular weight is 690 g/mol. The standard InChI is InChI=1S/C32H43N5O8S2/c1-19(2)13-15-32(6)23-10-8-7-9-22(23)27(38)26(28(32)39)29-34-24-12-11-20(17-25(24)46(41,42)36-29)35-47(43,44)37-16-14-21(18-37)33-30(40)45-31(3,4)5/h7-12,17,19,21,35,38,41-42H,13-16,18H2,1-6H3,(H,33,40)(H,34,36). The van der Waals surface area contributed by atoms with Gasteiger partial charge in [-0.1, -0.05) is 48.9 Å². The number of rotatable bonds is 8. The fourth-order valence-electron chi connectivity index (χ4n) is 5.96. The van der Waals surface area contributed by atoms with Gasteiger partial charge in [0.1, 0.15) is 21.8 Å². The smallest absolute Gasteiger partial charge is 0.407 e. The maximum Gasteiger partial charge on any atom is 0.407 e. The lowest BCUT2D eigenvalue weighted by Gasteiger charge is -2.39. The van der Waals surface area contributed by atoms with Crippen molar-refractivity contribution in [3.63, 3.8) is 0 Å². The zero-order chi connectivity index (χ0) is 34.5. The molecule has 2 atom stereocenters. The van der Waals surface area contributed by atoms with E-state index in [1.807, 2.05) is 19.1 Å². The van der Waals surface area contributed by atoms with Crippen molar-refractivity contribution in [1.82, 2.24) is 9.62 Å². The maximum atomic E-state index is 14.1. The van der Waals surface area contributed by atoms with E-state index in [4.69, 9.17) is 4.74 Å². The number of ketones is 1. The molecule has 6 N–H and O–H groups in total. The summed E-state index contributed by atoms with van der Waals surface area (Å²) in [6, 6.07) is 10.8. The second kappa shape index (κ2) is 12.4. The van der Waals surface area contributed by atoms with Gasteiger partial charge < -0.3 is 20.5 Å². The number of hydrogen-bond donors (Lipinski definition) is 6. The molecule has 2 aromatic rings. The van der Waals surface area contributed by atoms with Crippen molar-refractivity contribution < 1.29 is 37.0 Å². The second-order valence-electron chi connectivity index (χ2n) is 13.8. The molecule has 1 aliphatic carbocycles. The summed E-state index contributed by atoms with van der Waals surface area (Å²) in [4.78, 5) is 26.2. The number of fused-ring (bicyclic) bond motifs is 2. The largest absolute Gasteiger partial charge is 0.506 e. The van der Waals surface area contributed by atoms with Gasteiger partial charge in [0.25, 0.3) is 0 Å². The zero-order valence-corrected chi connectivity index (χ0v) is 29.0. The van der Waals surface area contributed by atoms with Crippen LogP contribution >= 0.6 is 10.8 Å². The molecule has 0 bridgehead atoms. The number of ether oxygens (including phenoxy) is 1. The number of nitrogens with zero attached hydrogens (tertiary/aromatic N) is 2. The molecule has 5 rings (SSSR count). The summed E-state index contributed by atoms with van der Waals surface area (Å²) in [5.41, 5.74) is -0.423. The number of amides is 1. The molecule has 47 heavy (non-hydrogen) atoms. The minimum absolute atomic E-state index is 0.0236. The van der Waals surface area contributed by atoms with Gasteiger partial charge >= 0.3 is 16.3 Å². The predicted molar refractivity (Wildman–Crippen MR) is 183 cm³/mol. The number of aliphatic hydroxyl groups is 1. The highest BCUT2D eigenvalue weighted by atomic mass is 32.3. The molecule has 3 aliphatic rings. The molecule has 1 saturated heterocycles. The van der Waals surface area contributed by atoms with Crippen molar-refractivity contribution >= 4 is 55.8 Å². The molecule has 2 aromatic carbocycles. The van der Waals surface area contributed by atoms with Crippen molar-refractivity contribution in [1.29, 1.82) is 0 Å². The highest BCUT2D eigenvalue weighted by Gasteiger charge is 2.46. The van der Waals surface area contributed by atoms with E-state index in [1.54, 1.807) is 32.9 Å². The van der Waals surface area contributed by atoms with Crippen molar-refractivity contribution in [3.05, 3.63) is 59.2 Å². The van der Waals surface area contributed by atoms with Crippen LogP contribution in [-0.2, 0) is 25.2 Å². The van der Waals surface area contributed by atoms with Crippen molar-refractivity contribution in [3.8, 4) is 0 Å². The minimum Gasteiger partial charge on any atom is -0.506 e. The Morgan fingerprint density at radius 2 is 1.91 bits per heavy atom. The zero-order valence-electron chi connectivity index (χ0n) is 27.3. The highest BCUT2D eigenvalue weighted by Crippen LogP contribution is 2.57. The number of aliphatic hydroxyl groups excluding tert-OH is 1. The number of carbonyl (C=O) groups is 2. The van der Waals surface area contributed by atoms with Crippen LogP contribution in [0.25, 0.3) is 5.76 Å². The number of Topliss-reactive ketones (excluding diaryl/α,β-unsaturated/α-hetero) is 1.